The van der Waals surface area contributed by atoms with Crippen LogP contribution >= 0.6 is 0 Å². The van der Waals surface area contributed by atoms with Crippen LogP contribution in [0.15, 0.2) is 82.5 Å². The maximum absolute atomic E-state index is 13.6. The zero-order chi connectivity index (χ0) is 25.2. The number of aromatic nitrogens is 2. The average Bonchev–Trinajstić information content (AvgIpc) is 2.85. The van der Waals surface area contributed by atoms with Gasteiger partial charge in [0.2, 0.25) is 10.0 Å². The predicted octanol–water partition coefficient (Wildman–Crippen LogP) is 5.22. The molecule has 0 bridgehead atoms. The van der Waals surface area contributed by atoms with Gasteiger partial charge in [-0.25, -0.2) is 22.2 Å². The summed E-state index contributed by atoms with van der Waals surface area (Å²) in [5.74, 6) is -0.811. The van der Waals surface area contributed by atoms with E-state index in [0.717, 1.165) is 18.6 Å². The monoisotopic (exact) mass is 497 g/mol. The first-order valence-electron chi connectivity index (χ1n) is 11.3. The zero-order valence-electron chi connectivity index (χ0n) is 19.4. The van der Waals surface area contributed by atoms with E-state index in [1.165, 1.54) is 45.3 Å². The highest BCUT2D eigenvalue weighted by atomic mass is 32.2. The van der Waals surface area contributed by atoms with Crippen molar-refractivity contribution in [2.45, 2.75) is 37.6 Å². The molecule has 4 rings (SSSR count). The van der Waals surface area contributed by atoms with E-state index in [-0.39, 0.29) is 17.3 Å². The minimum absolute atomic E-state index is 0.0571. The van der Waals surface area contributed by atoms with Gasteiger partial charge in [-0.2, -0.15) is 4.31 Å². The molecule has 0 saturated heterocycles. The fourth-order valence-corrected chi connectivity index (χ4v) is 5.61. The van der Waals surface area contributed by atoms with E-state index in [0.29, 0.717) is 23.0 Å². The van der Waals surface area contributed by atoms with Crippen molar-refractivity contribution in [1.82, 2.24) is 13.9 Å². The largest absolute Gasteiger partial charge is 0.268 e. The summed E-state index contributed by atoms with van der Waals surface area (Å²) >= 11 is 0. The number of rotatable bonds is 8. The molecule has 0 fully saturated rings. The van der Waals surface area contributed by atoms with Crippen LogP contribution in [0, 0.1) is 11.6 Å². The van der Waals surface area contributed by atoms with E-state index >= 15 is 0 Å². The van der Waals surface area contributed by atoms with E-state index < -0.39 is 33.3 Å². The van der Waals surface area contributed by atoms with Gasteiger partial charge in [-0.1, -0.05) is 25.5 Å². The molecule has 1 unspecified atom stereocenters. The molecule has 0 saturated carbocycles. The minimum Gasteiger partial charge on any atom is -0.268 e. The van der Waals surface area contributed by atoms with Gasteiger partial charge in [-0.15, -0.1) is 0 Å². The van der Waals surface area contributed by atoms with Gasteiger partial charge in [-0.05, 0) is 74.0 Å². The molecule has 4 aromatic rings. The maximum Gasteiger partial charge on any atom is 0.266 e. The Bertz CT molecular complexity index is 1500. The van der Waals surface area contributed by atoms with Crippen molar-refractivity contribution in [2.24, 2.45) is 0 Å². The first-order chi connectivity index (χ1) is 16.7. The van der Waals surface area contributed by atoms with E-state index in [2.05, 4.69) is 4.98 Å². The van der Waals surface area contributed by atoms with Crippen LogP contribution in [-0.4, -0.2) is 28.8 Å². The highest BCUT2D eigenvalue weighted by Crippen LogP contribution is 2.29. The second-order valence-electron chi connectivity index (χ2n) is 8.20. The van der Waals surface area contributed by atoms with Crippen LogP contribution in [0.4, 0.5) is 8.78 Å². The molecule has 3 aromatic carbocycles. The number of benzene rings is 3. The fourth-order valence-electron chi connectivity index (χ4n) is 3.98. The van der Waals surface area contributed by atoms with Crippen LogP contribution in [0.25, 0.3) is 16.6 Å². The smallest absolute Gasteiger partial charge is 0.266 e. The summed E-state index contributed by atoms with van der Waals surface area (Å²) in [4.78, 5) is 18.2. The zero-order valence-corrected chi connectivity index (χ0v) is 20.2. The number of hydrogen-bond donors (Lipinski definition) is 0. The lowest BCUT2D eigenvalue weighted by molar-refractivity contribution is 0.322. The second-order valence-corrected chi connectivity index (χ2v) is 10.1. The molecule has 1 aromatic heterocycles. The summed E-state index contributed by atoms with van der Waals surface area (Å²) in [7, 11) is -4.06. The van der Waals surface area contributed by atoms with Gasteiger partial charge in [-0.3, -0.25) is 9.36 Å². The Kier molecular flexibility index (Phi) is 7.09. The van der Waals surface area contributed by atoms with Crippen molar-refractivity contribution in [1.29, 1.82) is 0 Å². The van der Waals surface area contributed by atoms with Crippen LogP contribution in [-0.2, 0) is 10.0 Å². The summed E-state index contributed by atoms with van der Waals surface area (Å²) in [6.45, 7) is 3.77. The Hall–Kier alpha value is -3.43. The summed E-state index contributed by atoms with van der Waals surface area (Å²) < 4.78 is 57.0. The van der Waals surface area contributed by atoms with Gasteiger partial charge in [0, 0.05) is 6.54 Å². The van der Waals surface area contributed by atoms with Gasteiger partial charge in [0.25, 0.3) is 5.56 Å². The molecule has 0 aliphatic carbocycles. The Morgan fingerprint density at radius 3 is 2.17 bits per heavy atom. The molecule has 0 aliphatic rings. The standard InChI is InChI=1S/C26H25F2N3O3S/c1-3-4-17-30(35(33,34)22-15-11-20(28)12-16-22)18(2)25-29-24-8-6-5-7-23(24)26(32)31(25)21-13-9-19(27)10-14-21/h5-16,18H,3-4,17H2,1-2H3. The minimum atomic E-state index is -4.06. The molecule has 0 radical (unpaired) electrons. The number of hydrogen-bond acceptors (Lipinski definition) is 4. The summed E-state index contributed by atoms with van der Waals surface area (Å²) in [6, 6.07) is 15.9. The average molecular weight is 498 g/mol. The third-order valence-electron chi connectivity index (χ3n) is 5.84. The molecule has 35 heavy (non-hydrogen) atoms. The van der Waals surface area contributed by atoms with Gasteiger partial charge in [0.1, 0.15) is 17.5 Å². The predicted molar refractivity (Wildman–Crippen MR) is 131 cm³/mol. The van der Waals surface area contributed by atoms with Crippen molar-refractivity contribution in [2.75, 3.05) is 6.54 Å². The molecule has 6 nitrogen and oxygen atoms in total. The van der Waals surface area contributed by atoms with Crippen LogP contribution in [0.2, 0.25) is 0 Å². The van der Waals surface area contributed by atoms with E-state index in [4.69, 9.17) is 0 Å². The van der Waals surface area contributed by atoms with Gasteiger partial charge < -0.3 is 0 Å². The highest BCUT2D eigenvalue weighted by Gasteiger charge is 2.32. The van der Waals surface area contributed by atoms with Crippen LogP contribution in [0.3, 0.4) is 0 Å². The molecule has 0 spiro atoms. The lowest BCUT2D eigenvalue weighted by Gasteiger charge is -2.29. The highest BCUT2D eigenvalue weighted by molar-refractivity contribution is 7.89. The molecular weight excluding hydrogens is 472 g/mol. The maximum atomic E-state index is 13.6. The SMILES string of the molecule is CCCCN(C(C)c1nc2ccccc2c(=O)n1-c1ccc(F)cc1)S(=O)(=O)c1ccc(F)cc1. The van der Waals surface area contributed by atoms with Crippen LogP contribution in [0.1, 0.15) is 38.6 Å². The number of fused-ring (bicyclic) bond motifs is 1. The number of nitrogens with zero attached hydrogens (tertiary/aromatic N) is 3. The fraction of sp³-hybridized carbons (Fsp3) is 0.231. The lowest BCUT2D eigenvalue weighted by Crippen LogP contribution is -2.38. The molecule has 182 valence electrons. The number of halogens is 2. The number of para-hydroxylation sites is 1. The third kappa shape index (κ3) is 4.87. The third-order valence-corrected chi connectivity index (χ3v) is 7.83. The Balaban J connectivity index is 1.94. The normalized spacial score (nSPS) is 12.8. The van der Waals surface area contributed by atoms with Gasteiger partial charge >= 0.3 is 0 Å². The summed E-state index contributed by atoms with van der Waals surface area (Å²) in [6.07, 6.45) is 1.30. The van der Waals surface area contributed by atoms with E-state index in [1.807, 2.05) is 6.92 Å². The van der Waals surface area contributed by atoms with Crippen molar-refractivity contribution in [3.05, 3.63) is 101 Å². The molecule has 0 N–H and O–H groups in total. The Labute approximate surface area is 202 Å². The van der Waals surface area contributed by atoms with E-state index in [1.54, 1.807) is 31.2 Å². The van der Waals surface area contributed by atoms with Crippen molar-refractivity contribution >= 4 is 20.9 Å². The summed E-state index contributed by atoms with van der Waals surface area (Å²) in [5, 5.41) is 0.356. The first-order valence-corrected chi connectivity index (χ1v) is 12.7. The van der Waals surface area contributed by atoms with Crippen LogP contribution in [0.5, 0.6) is 0 Å². The Morgan fingerprint density at radius 1 is 0.943 bits per heavy atom. The molecule has 0 amide bonds. The van der Waals surface area contributed by atoms with Crippen molar-refractivity contribution < 1.29 is 17.2 Å². The second kappa shape index (κ2) is 10.1. The molecule has 1 heterocycles. The lowest BCUT2D eigenvalue weighted by atomic mass is 10.2. The molecule has 1 atom stereocenters. The number of sulfonamides is 1. The van der Waals surface area contributed by atoms with Crippen LogP contribution < -0.4 is 5.56 Å². The first kappa shape index (κ1) is 24.7. The van der Waals surface area contributed by atoms with Gasteiger partial charge in [0.15, 0.2) is 0 Å². The van der Waals surface area contributed by atoms with Crippen molar-refractivity contribution in [3.8, 4) is 5.69 Å². The topological polar surface area (TPSA) is 72.3 Å². The van der Waals surface area contributed by atoms with E-state index in [9.17, 15) is 22.0 Å². The summed E-state index contributed by atoms with van der Waals surface area (Å²) in [5.41, 5.74) is 0.400. The molecular formula is C26H25F2N3O3S. The van der Waals surface area contributed by atoms with Crippen molar-refractivity contribution in [3.63, 3.8) is 0 Å². The molecule has 9 heteroatoms. The molecule has 0 aliphatic heterocycles. The number of unbranched alkanes of at least 4 members (excludes halogenated alkanes) is 1. The quantitative estimate of drug-likeness (QED) is 0.335. The Morgan fingerprint density at radius 2 is 1.54 bits per heavy atom. The van der Waals surface area contributed by atoms with Gasteiger partial charge in [0.05, 0.1) is 27.5 Å².